The van der Waals surface area contributed by atoms with Crippen molar-refractivity contribution in [1.29, 1.82) is 0 Å². The van der Waals surface area contributed by atoms with Gasteiger partial charge in [0.2, 0.25) is 0 Å². The van der Waals surface area contributed by atoms with Crippen LogP contribution in [0.3, 0.4) is 0 Å². The predicted octanol–water partition coefficient (Wildman–Crippen LogP) is 0.503. The Kier molecular flexibility index (Phi) is 4.03. The van der Waals surface area contributed by atoms with Gasteiger partial charge in [-0.15, -0.1) is 0 Å². The highest BCUT2D eigenvalue weighted by Crippen LogP contribution is 2.05. The zero-order valence-electron chi connectivity index (χ0n) is 9.68. The van der Waals surface area contributed by atoms with Crippen LogP contribution in [0.25, 0.3) is 0 Å². The van der Waals surface area contributed by atoms with Crippen molar-refractivity contribution in [3.8, 4) is 0 Å². The van der Waals surface area contributed by atoms with E-state index in [-0.39, 0.29) is 11.6 Å². The molecule has 1 aromatic rings. The number of carbonyl (C=O) groups is 2. The number of carbonyl (C=O) groups excluding carboxylic acids is 1. The van der Waals surface area contributed by atoms with E-state index < -0.39 is 17.9 Å². The molecule has 0 spiro atoms. The van der Waals surface area contributed by atoms with Crippen molar-refractivity contribution >= 4 is 17.6 Å². The summed E-state index contributed by atoms with van der Waals surface area (Å²) in [4.78, 5) is 26.4. The maximum Gasteiger partial charge on any atom is 0.326 e. The number of carboxylic acid groups (broad SMARTS) is 1. The third-order valence-corrected chi connectivity index (χ3v) is 2.24. The number of amides is 1. The average molecular weight is 237 g/mol. The molecule has 92 valence electrons. The van der Waals surface area contributed by atoms with E-state index >= 15 is 0 Å². The summed E-state index contributed by atoms with van der Waals surface area (Å²) in [5, 5.41) is 11.3. The molecule has 0 aliphatic rings. The molecule has 1 heterocycles. The van der Waals surface area contributed by atoms with Crippen molar-refractivity contribution in [2.24, 2.45) is 5.92 Å². The summed E-state index contributed by atoms with van der Waals surface area (Å²) in [7, 11) is 0. The Bertz CT molecular complexity index is 414. The number of anilines is 1. The van der Waals surface area contributed by atoms with Crippen LogP contribution < -0.4 is 11.1 Å². The Morgan fingerprint density at radius 2 is 2.06 bits per heavy atom. The van der Waals surface area contributed by atoms with Crippen molar-refractivity contribution in [2.75, 3.05) is 5.73 Å². The normalized spacial score (nSPS) is 12.2. The minimum Gasteiger partial charge on any atom is -0.480 e. The van der Waals surface area contributed by atoms with E-state index in [0.29, 0.717) is 5.69 Å². The minimum atomic E-state index is -1.07. The highest BCUT2D eigenvalue weighted by molar-refractivity contribution is 5.95. The Morgan fingerprint density at radius 1 is 1.41 bits per heavy atom. The Morgan fingerprint density at radius 3 is 2.47 bits per heavy atom. The van der Waals surface area contributed by atoms with Crippen LogP contribution in [0.1, 0.15) is 24.3 Å². The molecule has 1 aromatic heterocycles. The van der Waals surface area contributed by atoms with E-state index in [1.54, 1.807) is 13.8 Å². The number of nitrogen functional groups attached to an aromatic ring is 1. The number of hydrogen-bond acceptors (Lipinski definition) is 4. The lowest BCUT2D eigenvalue weighted by molar-refractivity contribution is -0.140. The fraction of sp³-hybridized carbons (Fsp3) is 0.364. The maximum absolute atomic E-state index is 11.7. The van der Waals surface area contributed by atoms with Gasteiger partial charge in [0.05, 0.1) is 11.9 Å². The minimum absolute atomic E-state index is 0.145. The first-order valence-electron chi connectivity index (χ1n) is 5.17. The lowest BCUT2D eigenvalue weighted by Gasteiger charge is -2.17. The lowest BCUT2D eigenvalue weighted by Crippen LogP contribution is -2.44. The standard InChI is InChI=1S/C11H15N3O3/c1-6(2)9(11(16)17)14-10(15)8-4-3-7(12)5-13-8/h3-6,9H,12H2,1-2H3,(H,14,15)(H,16,17)/t9-/m0/s1. The number of hydrogen-bond donors (Lipinski definition) is 3. The van der Waals surface area contributed by atoms with Crippen LogP contribution in [0.15, 0.2) is 18.3 Å². The van der Waals surface area contributed by atoms with Gasteiger partial charge < -0.3 is 16.2 Å². The molecule has 0 bridgehead atoms. The molecule has 0 saturated heterocycles. The first kappa shape index (κ1) is 13.0. The van der Waals surface area contributed by atoms with Crippen molar-refractivity contribution in [2.45, 2.75) is 19.9 Å². The van der Waals surface area contributed by atoms with Gasteiger partial charge in [-0.2, -0.15) is 0 Å². The van der Waals surface area contributed by atoms with Crippen LogP contribution >= 0.6 is 0 Å². The van der Waals surface area contributed by atoms with Gasteiger partial charge in [-0.1, -0.05) is 13.8 Å². The van der Waals surface area contributed by atoms with Crippen LogP contribution in [0.2, 0.25) is 0 Å². The summed E-state index contributed by atoms with van der Waals surface area (Å²) in [5.41, 5.74) is 6.03. The molecule has 0 radical (unpaired) electrons. The molecule has 6 heteroatoms. The zero-order valence-corrected chi connectivity index (χ0v) is 9.68. The van der Waals surface area contributed by atoms with Gasteiger partial charge in [-0.3, -0.25) is 4.79 Å². The van der Waals surface area contributed by atoms with E-state index in [2.05, 4.69) is 10.3 Å². The summed E-state index contributed by atoms with van der Waals surface area (Å²) < 4.78 is 0. The Hall–Kier alpha value is -2.11. The van der Waals surface area contributed by atoms with Gasteiger partial charge in [-0.05, 0) is 18.1 Å². The van der Waals surface area contributed by atoms with Gasteiger partial charge in [-0.25, -0.2) is 9.78 Å². The van der Waals surface area contributed by atoms with Gasteiger partial charge in [0.15, 0.2) is 0 Å². The molecule has 0 saturated carbocycles. The number of aliphatic carboxylic acids is 1. The van der Waals surface area contributed by atoms with Crippen LogP contribution in [0, 0.1) is 5.92 Å². The molecule has 17 heavy (non-hydrogen) atoms. The number of nitrogens with one attached hydrogen (secondary N) is 1. The fourth-order valence-corrected chi connectivity index (χ4v) is 1.27. The van der Waals surface area contributed by atoms with Crippen molar-refractivity contribution < 1.29 is 14.7 Å². The fourth-order valence-electron chi connectivity index (χ4n) is 1.27. The summed E-state index contributed by atoms with van der Waals surface area (Å²) in [5.74, 6) is -1.79. The van der Waals surface area contributed by atoms with Crippen LogP contribution in [-0.2, 0) is 4.79 Å². The number of nitrogens with two attached hydrogens (primary N) is 1. The summed E-state index contributed by atoms with van der Waals surface area (Å²) in [6, 6.07) is 2.05. The van der Waals surface area contributed by atoms with E-state index in [1.165, 1.54) is 18.3 Å². The molecule has 4 N–H and O–H groups in total. The topological polar surface area (TPSA) is 105 Å². The van der Waals surface area contributed by atoms with E-state index in [9.17, 15) is 9.59 Å². The second kappa shape index (κ2) is 5.29. The molecule has 0 unspecified atom stereocenters. The molecule has 0 aliphatic carbocycles. The van der Waals surface area contributed by atoms with Gasteiger partial charge in [0, 0.05) is 0 Å². The predicted molar refractivity (Wildman–Crippen MR) is 62.4 cm³/mol. The van der Waals surface area contributed by atoms with E-state index in [4.69, 9.17) is 10.8 Å². The molecule has 1 rings (SSSR count). The second-order valence-electron chi connectivity index (χ2n) is 4.01. The second-order valence-corrected chi connectivity index (χ2v) is 4.01. The largest absolute Gasteiger partial charge is 0.480 e. The average Bonchev–Trinajstić information content (AvgIpc) is 2.25. The molecule has 0 aliphatic heterocycles. The Labute approximate surface area is 98.8 Å². The van der Waals surface area contributed by atoms with Gasteiger partial charge in [0.25, 0.3) is 5.91 Å². The lowest BCUT2D eigenvalue weighted by atomic mass is 10.0. The number of pyridine rings is 1. The monoisotopic (exact) mass is 237 g/mol. The third kappa shape index (κ3) is 3.44. The molecule has 0 aromatic carbocycles. The summed E-state index contributed by atoms with van der Waals surface area (Å²) in [6.45, 7) is 3.44. The highest BCUT2D eigenvalue weighted by Gasteiger charge is 2.24. The molecule has 1 amide bonds. The number of nitrogens with zero attached hydrogens (tertiary/aromatic N) is 1. The van der Waals surface area contributed by atoms with E-state index in [1.807, 2.05) is 0 Å². The van der Waals surface area contributed by atoms with Crippen LogP contribution in [0.4, 0.5) is 5.69 Å². The summed E-state index contributed by atoms with van der Waals surface area (Å²) >= 11 is 0. The van der Waals surface area contributed by atoms with Crippen molar-refractivity contribution in [3.63, 3.8) is 0 Å². The van der Waals surface area contributed by atoms with E-state index in [0.717, 1.165) is 0 Å². The zero-order chi connectivity index (χ0) is 13.0. The quantitative estimate of drug-likeness (QED) is 0.707. The Balaban J connectivity index is 2.77. The first-order valence-corrected chi connectivity index (χ1v) is 5.17. The third-order valence-electron chi connectivity index (χ3n) is 2.24. The number of rotatable bonds is 4. The summed E-state index contributed by atoms with van der Waals surface area (Å²) in [6.07, 6.45) is 1.35. The van der Waals surface area contributed by atoms with Gasteiger partial charge in [0.1, 0.15) is 11.7 Å². The van der Waals surface area contributed by atoms with Crippen LogP contribution in [0.5, 0.6) is 0 Å². The number of aromatic nitrogens is 1. The molecule has 0 fully saturated rings. The highest BCUT2D eigenvalue weighted by atomic mass is 16.4. The first-order chi connectivity index (χ1) is 7.91. The molecular weight excluding hydrogens is 222 g/mol. The van der Waals surface area contributed by atoms with Gasteiger partial charge >= 0.3 is 5.97 Å². The van der Waals surface area contributed by atoms with Crippen LogP contribution in [-0.4, -0.2) is 28.0 Å². The molecular formula is C11H15N3O3. The molecule has 1 atom stereocenters. The van der Waals surface area contributed by atoms with Crippen molar-refractivity contribution in [3.05, 3.63) is 24.0 Å². The van der Waals surface area contributed by atoms with Crippen molar-refractivity contribution in [1.82, 2.24) is 10.3 Å². The SMILES string of the molecule is CC(C)[C@H](NC(=O)c1ccc(N)cn1)C(=O)O. The smallest absolute Gasteiger partial charge is 0.326 e. The molecule has 6 nitrogen and oxygen atoms in total. The maximum atomic E-state index is 11.7. The number of carboxylic acids is 1.